The van der Waals surface area contributed by atoms with Gasteiger partial charge >= 0.3 is 0 Å². The minimum absolute atomic E-state index is 0.438. The molecule has 0 fully saturated rings. The third-order valence-electron chi connectivity index (χ3n) is 2.49. The first kappa shape index (κ1) is 12.0. The van der Waals surface area contributed by atoms with E-state index in [1.165, 1.54) is 0 Å². The molecule has 2 N–H and O–H groups in total. The van der Waals surface area contributed by atoms with Crippen molar-refractivity contribution in [1.82, 2.24) is 9.55 Å². The van der Waals surface area contributed by atoms with Crippen LogP contribution in [-0.4, -0.2) is 29.7 Å². The first-order valence-electron chi connectivity index (χ1n) is 5.59. The van der Waals surface area contributed by atoms with E-state index in [-0.39, 0.29) is 0 Å². The van der Waals surface area contributed by atoms with E-state index < -0.39 is 0 Å². The van der Waals surface area contributed by atoms with Crippen molar-refractivity contribution >= 4 is 5.95 Å². The predicted molar refractivity (Wildman–Crippen MR) is 64.3 cm³/mol. The monoisotopic (exact) mass is 210 g/mol. The van der Waals surface area contributed by atoms with Crippen molar-refractivity contribution in [2.75, 3.05) is 25.0 Å². The zero-order valence-electron chi connectivity index (χ0n) is 10.2. The fourth-order valence-corrected chi connectivity index (χ4v) is 1.56. The average Bonchev–Trinajstić information content (AvgIpc) is 2.61. The molecule has 15 heavy (non-hydrogen) atoms. The Kier molecular flexibility index (Phi) is 4.15. The van der Waals surface area contributed by atoms with Crippen LogP contribution in [0.2, 0.25) is 0 Å². The summed E-state index contributed by atoms with van der Waals surface area (Å²) < 4.78 is 2.20. The van der Waals surface area contributed by atoms with Gasteiger partial charge in [-0.15, -0.1) is 0 Å². The Labute approximate surface area is 92.1 Å². The summed E-state index contributed by atoms with van der Waals surface area (Å²) >= 11 is 0. The van der Waals surface area contributed by atoms with E-state index in [0.717, 1.165) is 24.6 Å². The van der Waals surface area contributed by atoms with E-state index in [9.17, 15) is 0 Å². The van der Waals surface area contributed by atoms with Gasteiger partial charge in [-0.1, -0.05) is 6.92 Å². The Morgan fingerprint density at radius 3 is 2.67 bits per heavy atom. The molecule has 0 saturated heterocycles. The van der Waals surface area contributed by atoms with E-state index >= 15 is 0 Å². The highest BCUT2D eigenvalue weighted by Crippen LogP contribution is 2.18. The molecule has 0 spiro atoms. The van der Waals surface area contributed by atoms with Gasteiger partial charge in [-0.25, -0.2) is 4.98 Å². The molecule has 0 atom stereocenters. The fourth-order valence-electron chi connectivity index (χ4n) is 1.56. The van der Waals surface area contributed by atoms with Gasteiger partial charge in [0.15, 0.2) is 0 Å². The molecule has 1 rings (SSSR count). The molecule has 0 bridgehead atoms. The van der Waals surface area contributed by atoms with Crippen LogP contribution in [0.3, 0.4) is 0 Å². The number of anilines is 1. The number of likely N-dealkylation sites (N-methyl/N-ethyl adjacent to an activating group) is 1. The lowest BCUT2D eigenvalue weighted by Gasteiger charge is -2.20. The number of aromatic nitrogens is 2. The second-order valence-electron chi connectivity index (χ2n) is 4.10. The molecule has 0 aromatic carbocycles. The van der Waals surface area contributed by atoms with Gasteiger partial charge in [0.25, 0.3) is 0 Å². The van der Waals surface area contributed by atoms with Crippen LogP contribution in [0.4, 0.5) is 5.95 Å². The van der Waals surface area contributed by atoms with Crippen molar-refractivity contribution in [3.05, 3.63) is 11.9 Å². The van der Waals surface area contributed by atoms with Crippen molar-refractivity contribution in [1.29, 1.82) is 0 Å². The molecule has 1 aromatic rings. The maximum Gasteiger partial charge on any atom is 0.205 e. The van der Waals surface area contributed by atoms with Crippen LogP contribution in [0.25, 0.3) is 0 Å². The standard InChI is InChI=1S/C11H22N4/c1-5-10-8-15(9(2)3)11(13-10)14(4)7-6-12/h8-9H,5-7,12H2,1-4H3. The van der Waals surface area contributed by atoms with E-state index in [1.54, 1.807) is 0 Å². The van der Waals surface area contributed by atoms with Gasteiger partial charge < -0.3 is 15.2 Å². The molecule has 0 aliphatic rings. The first-order chi connectivity index (χ1) is 7.10. The molecule has 0 amide bonds. The quantitative estimate of drug-likeness (QED) is 0.799. The number of hydrogen-bond donors (Lipinski definition) is 1. The lowest BCUT2D eigenvalue weighted by Crippen LogP contribution is -2.28. The lowest BCUT2D eigenvalue weighted by atomic mass is 10.3. The number of imidazole rings is 1. The Balaban J connectivity index is 2.97. The van der Waals surface area contributed by atoms with Crippen LogP contribution in [0.1, 0.15) is 32.5 Å². The summed E-state index contributed by atoms with van der Waals surface area (Å²) in [6.45, 7) is 7.96. The van der Waals surface area contributed by atoms with Crippen LogP contribution in [0.5, 0.6) is 0 Å². The molecule has 0 aliphatic heterocycles. The van der Waals surface area contributed by atoms with Crippen molar-refractivity contribution in [3.63, 3.8) is 0 Å². The van der Waals surface area contributed by atoms with Gasteiger partial charge in [0.2, 0.25) is 5.95 Å². The van der Waals surface area contributed by atoms with Gasteiger partial charge in [0.1, 0.15) is 0 Å². The molecule has 0 saturated carbocycles. The predicted octanol–water partition coefficient (Wildman–Crippen LogP) is 1.42. The van der Waals surface area contributed by atoms with E-state index in [2.05, 4.69) is 41.4 Å². The molecule has 1 aromatic heterocycles. The van der Waals surface area contributed by atoms with Crippen molar-refractivity contribution in [2.24, 2.45) is 5.73 Å². The summed E-state index contributed by atoms with van der Waals surface area (Å²) in [5.41, 5.74) is 6.69. The third-order valence-corrected chi connectivity index (χ3v) is 2.49. The maximum atomic E-state index is 5.55. The molecule has 86 valence electrons. The SMILES string of the molecule is CCc1cn(C(C)C)c(N(C)CCN)n1. The van der Waals surface area contributed by atoms with Crippen LogP contribution in [-0.2, 0) is 6.42 Å². The van der Waals surface area contributed by atoms with Gasteiger partial charge in [-0.3, -0.25) is 0 Å². The van der Waals surface area contributed by atoms with Gasteiger partial charge in [0, 0.05) is 32.4 Å². The number of nitrogens with two attached hydrogens (primary N) is 1. The summed E-state index contributed by atoms with van der Waals surface area (Å²) in [5.74, 6) is 1.02. The van der Waals surface area contributed by atoms with Crippen LogP contribution in [0, 0.1) is 0 Å². The van der Waals surface area contributed by atoms with Crippen LogP contribution < -0.4 is 10.6 Å². The third kappa shape index (κ3) is 2.72. The van der Waals surface area contributed by atoms with E-state index in [0.29, 0.717) is 12.6 Å². The highest BCUT2D eigenvalue weighted by molar-refractivity contribution is 5.33. The molecule has 0 aliphatic carbocycles. The highest BCUT2D eigenvalue weighted by atomic mass is 15.3. The molecule has 4 nitrogen and oxygen atoms in total. The van der Waals surface area contributed by atoms with Gasteiger partial charge in [-0.05, 0) is 20.3 Å². The zero-order valence-corrected chi connectivity index (χ0v) is 10.2. The van der Waals surface area contributed by atoms with Crippen molar-refractivity contribution in [2.45, 2.75) is 33.2 Å². The molecule has 0 radical (unpaired) electrons. The molecular weight excluding hydrogens is 188 g/mol. The molecular formula is C11H22N4. The average molecular weight is 210 g/mol. The molecule has 1 heterocycles. The topological polar surface area (TPSA) is 47.1 Å². The number of hydrogen-bond acceptors (Lipinski definition) is 3. The Bertz CT molecular complexity index is 304. The largest absolute Gasteiger partial charge is 0.344 e. The fraction of sp³-hybridized carbons (Fsp3) is 0.727. The maximum absolute atomic E-state index is 5.55. The summed E-state index contributed by atoms with van der Waals surface area (Å²) in [6.07, 6.45) is 3.11. The van der Waals surface area contributed by atoms with Crippen LogP contribution in [0.15, 0.2) is 6.20 Å². The number of rotatable bonds is 5. The Morgan fingerprint density at radius 2 is 2.20 bits per heavy atom. The minimum Gasteiger partial charge on any atom is -0.344 e. The lowest BCUT2D eigenvalue weighted by molar-refractivity contribution is 0.591. The zero-order chi connectivity index (χ0) is 11.4. The summed E-state index contributed by atoms with van der Waals surface area (Å²) in [5, 5.41) is 0. The van der Waals surface area contributed by atoms with E-state index in [1.807, 2.05) is 7.05 Å². The molecule has 4 heteroatoms. The van der Waals surface area contributed by atoms with Gasteiger partial charge in [-0.2, -0.15) is 0 Å². The second kappa shape index (κ2) is 5.16. The van der Waals surface area contributed by atoms with Crippen molar-refractivity contribution in [3.8, 4) is 0 Å². The summed E-state index contributed by atoms with van der Waals surface area (Å²) in [6, 6.07) is 0.438. The van der Waals surface area contributed by atoms with Crippen molar-refractivity contribution < 1.29 is 0 Å². The number of nitrogens with zero attached hydrogens (tertiary/aromatic N) is 3. The Morgan fingerprint density at radius 1 is 1.53 bits per heavy atom. The normalized spacial score (nSPS) is 11.1. The minimum atomic E-state index is 0.438. The number of aryl methyl sites for hydroxylation is 1. The second-order valence-corrected chi connectivity index (χ2v) is 4.10. The highest BCUT2D eigenvalue weighted by Gasteiger charge is 2.12. The van der Waals surface area contributed by atoms with Crippen LogP contribution >= 0.6 is 0 Å². The Hall–Kier alpha value is -1.03. The van der Waals surface area contributed by atoms with E-state index in [4.69, 9.17) is 5.73 Å². The van der Waals surface area contributed by atoms with Gasteiger partial charge in [0.05, 0.1) is 5.69 Å². The summed E-state index contributed by atoms with van der Waals surface area (Å²) in [7, 11) is 2.04. The first-order valence-corrected chi connectivity index (χ1v) is 5.59. The smallest absolute Gasteiger partial charge is 0.205 e. The molecule has 0 unspecified atom stereocenters. The summed E-state index contributed by atoms with van der Waals surface area (Å²) in [4.78, 5) is 6.71.